The van der Waals surface area contributed by atoms with Gasteiger partial charge in [-0.3, -0.25) is 14.4 Å². The van der Waals surface area contributed by atoms with Gasteiger partial charge in [-0.2, -0.15) is 0 Å². The summed E-state index contributed by atoms with van der Waals surface area (Å²) in [5.74, 6) is -1.26. The van der Waals surface area contributed by atoms with Crippen molar-refractivity contribution < 1.29 is 27.5 Å². The Morgan fingerprint density at radius 1 is 1.21 bits per heavy atom. The van der Waals surface area contributed by atoms with Gasteiger partial charge in [0, 0.05) is 32.7 Å². The average Bonchev–Trinajstić information content (AvgIpc) is 2.71. The quantitative estimate of drug-likeness (QED) is 0.663. The Balaban J connectivity index is 1.92. The maximum absolute atomic E-state index is 12.3. The van der Waals surface area contributed by atoms with Crippen molar-refractivity contribution in [2.24, 2.45) is 5.92 Å². The van der Waals surface area contributed by atoms with E-state index < -0.39 is 15.9 Å². The van der Waals surface area contributed by atoms with Gasteiger partial charge in [-0.05, 0) is 31.0 Å². The Bertz CT molecular complexity index is 845. The van der Waals surface area contributed by atoms with Gasteiger partial charge in [0.25, 0.3) is 5.91 Å². The number of hydrogen-bond donors (Lipinski definition) is 1. The number of carbonyl (C=O) groups is 3. The number of rotatable bonds is 6. The molecule has 1 aliphatic heterocycles. The maximum Gasteiger partial charge on any atom is 0.308 e. The summed E-state index contributed by atoms with van der Waals surface area (Å²) < 4.78 is 30.1. The van der Waals surface area contributed by atoms with Crippen LogP contribution in [-0.2, 0) is 24.3 Å². The minimum absolute atomic E-state index is 0.00126. The molecule has 1 aromatic rings. The van der Waals surface area contributed by atoms with Gasteiger partial charge in [0.2, 0.25) is 15.9 Å². The number of ether oxygens (including phenoxy) is 1. The van der Waals surface area contributed by atoms with Gasteiger partial charge in [-0.25, -0.2) is 12.7 Å². The van der Waals surface area contributed by atoms with Crippen LogP contribution in [0.4, 0.5) is 0 Å². The number of esters is 1. The standard InChI is InChI=1S/C18H25N3O6S/c1-20(2)28(25,26)15-6-4-5-14(11-15)17(23)19-12-16(22)21-9-7-13(8-10-21)18(24)27-3/h4-6,11,13H,7-10,12H2,1-3H3,(H,19,23). The van der Waals surface area contributed by atoms with E-state index in [1.807, 2.05) is 0 Å². The number of likely N-dealkylation sites (tertiary alicyclic amines) is 1. The Morgan fingerprint density at radius 3 is 2.43 bits per heavy atom. The van der Waals surface area contributed by atoms with Crippen LogP contribution in [0.3, 0.4) is 0 Å². The molecule has 1 N–H and O–H groups in total. The number of hydrogen-bond acceptors (Lipinski definition) is 6. The van der Waals surface area contributed by atoms with E-state index in [2.05, 4.69) is 5.32 Å². The molecule has 0 bridgehead atoms. The summed E-state index contributed by atoms with van der Waals surface area (Å²) in [5.41, 5.74) is 0.153. The number of sulfonamides is 1. The number of nitrogens with one attached hydrogen (secondary N) is 1. The molecule has 28 heavy (non-hydrogen) atoms. The largest absolute Gasteiger partial charge is 0.469 e. The van der Waals surface area contributed by atoms with E-state index in [1.54, 1.807) is 4.90 Å². The molecule has 1 aliphatic rings. The summed E-state index contributed by atoms with van der Waals surface area (Å²) in [4.78, 5) is 37.7. The fourth-order valence-electron chi connectivity index (χ4n) is 2.91. The van der Waals surface area contributed by atoms with Crippen LogP contribution < -0.4 is 5.32 Å². The van der Waals surface area contributed by atoms with E-state index in [0.717, 1.165) is 4.31 Å². The van der Waals surface area contributed by atoms with Crippen molar-refractivity contribution in [1.82, 2.24) is 14.5 Å². The van der Waals surface area contributed by atoms with Crippen LogP contribution in [0.5, 0.6) is 0 Å². The van der Waals surface area contributed by atoms with Crippen LogP contribution in [0.25, 0.3) is 0 Å². The lowest BCUT2D eigenvalue weighted by Crippen LogP contribution is -2.45. The van der Waals surface area contributed by atoms with E-state index in [1.165, 1.54) is 45.5 Å². The molecule has 1 saturated heterocycles. The minimum atomic E-state index is -3.66. The zero-order chi connectivity index (χ0) is 20.9. The second-order valence-corrected chi connectivity index (χ2v) is 8.83. The lowest BCUT2D eigenvalue weighted by molar-refractivity contribution is -0.148. The minimum Gasteiger partial charge on any atom is -0.469 e. The molecule has 0 aliphatic carbocycles. The molecule has 0 atom stereocenters. The first kappa shape index (κ1) is 21.8. The number of carbonyl (C=O) groups excluding carboxylic acids is 3. The van der Waals surface area contributed by atoms with E-state index >= 15 is 0 Å². The second kappa shape index (κ2) is 9.16. The lowest BCUT2D eigenvalue weighted by Gasteiger charge is -2.30. The van der Waals surface area contributed by atoms with E-state index in [4.69, 9.17) is 4.74 Å². The SMILES string of the molecule is COC(=O)C1CCN(C(=O)CNC(=O)c2cccc(S(=O)(=O)N(C)C)c2)CC1. The Morgan fingerprint density at radius 2 is 1.86 bits per heavy atom. The van der Waals surface area contributed by atoms with Crippen molar-refractivity contribution >= 4 is 27.8 Å². The summed E-state index contributed by atoms with van der Waals surface area (Å²) in [6, 6.07) is 5.64. The predicted molar refractivity (Wildman–Crippen MR) is 101 cm³/mol. The highest BCUT2D eigenvalue weighted by atomic mass is 32.2. The zero-order valence-corrected chi connectivity index (χ0v) is 17.0. The third-order valence-electron chi connectivity index (χ3n) is 4.66. The van der Waals surface area contributed by atoms with Gasteiger partial charge >= 0.3 is 5.97 Å². The van der Waals surface area contributed by atoms with Crippen LogP contribution >= 0.6 is 0 Å². The summed E-state index contributed by atoms with van der Waals surface area (Å²) in [7, 11) is 0.500. The molecule has 1 heterocycles. The van der Waals surface area contributed by atoms with Crippen molar-refractivity contribution in [3.8, 4) is 0 Å². The van der Waals surface area contributed by atoms with Gasteiger partial charge in [-0.15, -0.1) is 0 Å². The molecule has 0 aromatic heterocycles. The van der Waals surface area contributed by atoms with Crippen molar-refractivity contribution in [1.29, 1.82) is 0 Å². The molecule has 0 saturated carbocycles. The second-order valence-electron chi connectivity index (χ2n) is 6.68. The summed E-state index contributed by atoms with van der Waals surface area (Å²) in [6.45, 7) is 0.641. The molecule has 1 aromatic carbocycles. The van der Waals surface area contributed by atoms with Gasteiger partial charge in [0.1, 0.15) is 0 Å². The summed E-state index contributed by atoms with van der Waals surface area (Å²) >= 11 is 0. The van der Waals surface area contributed by atoms with E-state index in [-0.39, 0.29) is 34.8 Å². The molecule has 2 rings (SSSR count). The highest BCUT2D eigenvalue weighted by Gasteiger charge is 2.28. The zero-order valence-electron chi connectivity index (χ0n) is 16.2. The van der Waals surface area contributed by atoms with Crippen LogP contribution in [0.2, 0.25) is 0 Å². The van der Waals surface area contributed by atoms with Crippen molar-refractivity contribution in [3.63, 3.8) is 0 Å². The number of amides is 2. The van der Waals surface area contributed by atoms with Crippen LogP contribution in [0.1, 0.15) is 23.2 Å². The average molecular weight is 411 g/mol. The Hall–Kier alpha value is -2.46. The summed E-state index contributed by atoms with van der Waals surface area (Å²) in [5, 5.41) is 2.52. The third kappa shape index (κ3) is 5.08. The highest BCUT2D eigenvalue weighted by molar-refractivity contribution is 7.89. The fraction of sp³-hybridized carbons (Fsp3) is 0.500. The molecule has 2 amide bonds. The van der Waals surface area contributed by atoms with Crippen LogP contribution in [-0.4, -0.2) is 76.2 Å². The molecule has 0 radical (unpaired) electrons. The van der Waals surface area contributed by atoms with Crippen LogP contribution in [0.15, 0.2) is 29.2 Å². The highest BCUT2D eigenvalue weighted by Crippen LogP contribution is 2.18. The predicted octanol–water partition coefficient (Wildman–Crippen LogP) is 0.0783. The lowest BCUT2D eigenvalue weighted by atomic mass is 9.97. The Kier molecular flexibility index (Phi) is 7.14. The van der Waals surface area contributed by atoms with Crippen molar-refractivity contribution in [2.45, 2.75) is 17.7 Å². The molecule has 10 heteroatoms. The first-order valence-corrected chi connectivity index (χ1v) is 10.3. The first-order chi connectivity index (χ1) is 13.2. The van der Waals surface area contributed by atoms with Gasteiger partial charge < -0.3 is 15.0 Å². The molecule has 9 nitrogen and oxygen atoms in total. The number of methoxy groups -OCH3 is 1. The van der Waals surface area contributed by atoms with E-state index in [9.17, 15) is 22.8 Å². The molecule has 1 fully saturated rings. The number of benzene rings is 1. The van der Waals surface area contributed by atoms with Crippen molar-refractivity contribution in [3.05, 3.63) is 29.8 Å². The first-order valence-electron chi connectivity index (χ1n) is 8.83. The van der Waals surface area contributed by atoms with Crippen LogP contribution in [0, 0.1) is 5.92 Å². The monoisotopic (exact) mass is 411 g/mol. The molecule has 154 valence electrons. The summed E-state index contributed by atoms with van der Waals surface area (Å²) in [6.07, 6.45) is 1.05. The number of nitrogens with zero attached hydrogens (tertiary/aromatic N) is 2. The fourth-order valence-corrected chi connectivity index (χ4v) is 3.86. The van der Waals surface area contributed by atoms with E-state index in [0.29, 0.717) is 25.9 Å². The molecule has 0 unspecified atom stereocenters. The molecule has 0 spiro atoms. The van der Waals surface area contributed by atoms with Gasteiger partial charge in [0.05, 0.1) is 24.5 Å². The third-order valence-corrected chi connectivity index (χ3v) is 6.47. The topological polar surface area (TPSA) is 113 Å². The normalized spacial score (nSPS) is 15.4. The van der Waals surface area contributed by atoms with Gasteiger partial charge in [0.15, 0.2) is 0 Å². The Labute approximate surface area is 164 Å². The van der Waals surface area contributed by atoms with Crippen molar-refractivity contribution in [2.75, 3.05) is 40.8 Å². The number of piperidine rings is 1. The molecular weight excluding hydrogens is 386 g/mol. The smallest absolute Gasteiger partial charge is 0.308 e. The maximum atomic E-state index is 12.3. The van der Waals surface area contributed by atoms with Gasteiger partial charge in [-0.1, -0.05) is 6.07 Å². The molecular formula is C18H25N3O6S.